The number of amides is 1. The zero-order chi connectivity index (χ0) is 18.9. The van der Waals surface area contributed by atoms with Gasteiger partial charge in [0.25, 0.3) is 0 Å². The second-order valence-electron chi connectivity index (χ2n) is 5.56. The van der Waals surface area contributed by atoms with E-state index >= 15 is 0 Å². The molecule has 2 heterocycles. The average Bonchev–Trinajstić information content (AvgIpc) is 2.89. The number of hydrogen-bond donors (Lipinski definition) is 2. The number of sulfonamides is 1. The Kier molecular flexibility index (Phi) is 4.82. The largest absolute Gasteiger partial charge is 0.322 e. The lowest BCUT2D eigenvalue weighted by Gasteiger charge is -2.07. The number of nitrogens with one attached hydrogen (secondary N) is 1. The molecule has 3 N–H and O–H groups in total. The molecule has 7 nitrogen and oxygen atoms in total. The number of rotatable bonds is 4. The van der Waals surface area contributed by atoms with Gasteiger partial charge in [-0.3, -0.25) is 9.20 Å². The first-order chi connectivity index (χ1) is 12.3. The third-order valence-corrected chi connectivity index (χ3v) is 5.01. The number of carbonyl (C=O) groups is 1. The molecule has 134 valence electrons. The molecule has 0 saturated heterocycles. The van der Waals surface area contributed by atoms with Crippen molar-refractivity contribution in [1.82, 2.24) is 9.38 Å². The molecule has 1 amide bonds. The number of nitrogens with two attached hydrogens (primary N) is 1. The number of carbonyl (C=O) groups excluding carboxylic acids is 1. The quantitative estimate of drug-likeness (QED) is 0.667. The summed E-state index contributed by atoms with van der Waals surface area (Å²) in [6, 6.07) is 9.93. The highest BCUT2D eigenvalue weighted by Gasteiger charge is 2.13. The molecule has 0 bridgehead atoms. The molecular formula is C17H15ClN4O3S. The molecule has 2 aromatic heterocycles. The van der Waals surface area contributed by atoms with Gasteiger partial charge in [0, 0.05) is 18.0 Å². The van der Waals surface area contributed by atoms with Crippen LogP contribution in [0.2, 0.25) is 5.15 Å². The SMILES string of the molecule is Cc1ccc(NC(=O)/C=C/c2c(Cl)nc3ccccn23)cc1S(N)(=O)=O. The van der Waals surface area contributed by atoms with Crippen LogP contribution in [0.15, 0.2) is 53.6 Å². The van der Waals surface area contributed by atoms with E-state index in [1.54, 1.807) is 35.7 Å². The van der Waals surface area contributed by atoms with Crippen molar-refractivity contribution >= 4 is 44.9 Å². The molecule has 0 aliphatic rings. The van der Waals surface area contributed by atoms with Gasteiger partial charge in [0.15, 0.2) is 5.15 Å². The number of pyridine rings is 1. The lowest BCUT2D eigenvalue weighted by molar-refractivity contribution is -0.111. The number of halogens is 1. The number of benzene rings is 1. The van der Waals surface area contributed by atoms with Crippen LogP contribution < -0.4 is 10.5 Å². The molecule has 9 heteroatoms. The fraction of sp³-hybridized carbons (Fsp3) is 0.0588. The summed E-state index contributed by atoms with van der Waals surface area (Å²) < 4.78 is 24.9. The smallest absolute Gasteiger partial charge is 0.248 e. The summed E-state index contributed by atoms with van der Waals surface area (Å²) in [7, 11) is -3.87. The van der Waals surface area contributed by atoms with Crippen LogP contribution in [0.3, 0.4) is 0 Å². The maximum absolute atomic E-state index is 12.1. The summed E-state index contributed by atoms with van der Waals surface area (Å²) >= 11 is 6.10. The summed E-state index contributed by atoms with van der Waals surface area (Å²) in [5.41, 5.74) is 2.04. The minimum atomic E-state index is -3.87. The Morgan fingerprint density at radius 2 is 2.08 bits per heavy atom. The Morgan fingerprint density at radius 3 is 2.81 bits per heavy atom. The molecule has 0 fully saturated rings. The molecule has 3 aromatic rings. The van der Waals surface area contributed by atoms with Gasteiger partial charge in [-0.25, -0.2) is 18.5 Å². The number of aryl methyl sites for hydroxylation is 1. The first-order valence-corrected chi connectivity index (χ1v) is 9.43. The van der Waals surface area contributed by atoms with E-state index in [2.05, 4.69) is 10.3 Å². The van der Waals surface area contributed by atoms with Gasteiger partial charge in [0.2, 0.25) is 15.9 Å². The average molecular weight is 391 g/mol. The van der Waals surface area contributed by atoms with E-state index in [4.69, 9.17) is 16.7 Å². The predicted molar refractivity (Wildman–Crippen MR) is 100 cm³/mol. The minimum Gasteiger partial charge on any atom is -0.322 e. The van der Waals surface area contributed by atoms with Crippen molar-refractivity contribution in [2.45, 2.75) is 11.8 Å². The number of hydrogen-bond acceptors (Lipinski definition) is 4. The van der Waals surface area contributed by atoms with E-state index in [0.29, 0.717) is 22.6 Å². The summed E-state index contributed by atoms with van der Waals surface area (Å²) in [6.45, 7) is 1.62. The molecule has 1 aromatic carbocycles. The fourth-order valence-corrected chi connectivity index (χ4v) is 3.51. The highest BCUT2D eigenvalue weighted by atomic mass is 35.5. The lowest BCUT2D eigenvalue weighted by Crippen LogP contribution is -2.15. The Labute approximate surface area is 155 Å². The van der Waals surface area contributed by atoms with E-state index < -0.39 is 15.9 Å². The van der Waals surface area contributed by atoms with Crippen molar-refractivity contribution in [3.8, 4) is 0 Å². The van der Waals surface area contributed by atoms with Gasteiger partial charge in [0.1, 0.15) is 5.65 Å². The Balaban J connectivity index is 1.83. The predicted octanol–water partition coefficient (Wildman–Crippen LogP) is 2.60. The van der Waals surface area contributed by atoms with Gasteiger partial charge < -0.3 is 5.32 Å². The number of imidazole rings is 1. The second-order valence-corrected chi connectivity index (χ2v) is 7.45. The lowest BCUT2D eigenvalue weighted by atomic mass is 10.2. The third kappa shape index (κ3) is 3.77. The van der Waals surface area contributed by atoms with Crippen molar-refractivity contribution in [3.05, 3.63) is 65.1 Å². The highest BCUT2D eigenvalue weighted by molar-refractivity contribution is 7.89. The standard InChI is InChI=1S/C17H15ClN4O3S/c1-11-5-6-12(10-14(11)26(19,24)25)20-16(23)8-7-13-17(18)21-15-4-2-3-9-22(13)15/h2-10H,1H3,(H,20,23)(H2,19,24,25)/b8-7+. The van der Waals surface area contributed by atoms with Crippen LogP contribution in [0.4, 0.5) is 5.69 Å². The van der Waals surface area contributed by atoms with Gasteiger partial charge in [-0.15, -0.1) is 0 Å². The maximum Gasteiger partial charge on any atom is 0.248 e. The van der Waals surface area contributed by atoms with Crippen molar-refractivity contribution < 1.29 is 13.2 Å². The van der Waals surface area contributed by atoms with Crippen LogP contribution in [0.25, 0.3) is 11.7 Å². The number of anilines is 1. The zero-order valence-electron chi connectivity index (χ0n) is 13.7. The first kappa shape index (κ1) is 18.1. The van der Waals surface area contributed by atoms with Crippen LogP contribution in [-0.2, 0) is 14.8 Å². The topological polar surface area (TPSA) is 107 Å². The molecule has 0 spiro atoms. The number of primary sulfonamides is 1. The summed E-state index contributed by atoms with van der Waals surface area (Å²) in [5.74, 6) is -0.448. The van der Waals surface area contributed by atoms with Crippen molar-refractivity contribution in [1.29, 1.82) is 0 Å². The summed E-state index contributed by atoms with van der Waals surface area (Å²) in [6.07, 6.45) is 4.61. The fourth-order valence-electron chi connectivity index (χ4n) is 2.46. The molecule has 0 aliphatic heterocycles. The van der Waals surface area contributed by atoms with E-state index in [0.717, 1.165) is 0 Å². The van der Waals surface area contributed by atoms with Gasteiger partial charge in [-0.05, 0) is 42.8 Å². The summed E-state index contributed by atoms with van der Waals surface area (Å²) in [4.78, 5) is 16.3. The molecule has 26 heavy (non-hydrogen) atoms. The molecule has 0 saturated carbocycles. The molecule has 0 unspecified atom stereocenters. The molecular weight excluding hydrogens is 376 g/mol. The monoisotopic (exact) mass is 390 g/mol. The second kappa shape index (κ2) is 6.91. The van der Waals surface area contributed by atoms with E-state index in [1.165, 1.54) is 18.2 Å². The van der Waals surface area contributed by atoms with Gasteiger partial charge in [-0.2, -0.15) is 0 Å². The third-order valence-electron chi connectivity index (χ3n) is 3.68. The molecule has 3 rings (SSSR count). The van der Waals surface area contributed by atoms with Gasteiger partial charge >= 0.3 is 0 Å². The van der Waals surface area contributed by atoms with Gasteiger partial charge in [0.05, 0.1) is 10.6 Å². The first-order valence-electron chi connectivity index (χ1n) is 7.51. The highest BCUT2D eigenvalue weighted by Crippen LogP contribution is 2.20. The van der Waals surface area contributed by atoms with Gasteiger partial charge in [-0.1, -0.05) is 23.7 Å². The molecule has 0 aliphatic carbocycles. The molecule has 0 atom stereocenters. The maximum atomic E-state index is 12.1. The van der Waals surface area contributed by atoms with Crippen LogP contribution >= 0.6 is 11.6 Å². The zero-order valence-corrected chi connectivity index (χ0v) is 15.3. The number of nitrogens with zero attached hydrogens (tertiary/aromatic N) is 2. The van der Waals surface area contributed by atoms with E-state index in [1.807, 2.05) is 12.1 Å². The Bertz CT molecular complexity index is 1140. The van der Waals surface area contributed by atoms with E-state index in [-0.39, 0.29) is 10.0 Å². The Hall–Kier alpha value is -2.68. The van der Waals surface area contributed by atoms with Crippen LogP contribution in [0, 0.1) is 6.92 Å². The number of fused-ring (bicyclic) bond motifs is 1. The van der Waals surface area contributed by atoms with E-state index in [9.17, 15) is 13.2 Å². The van der Waals surface area contributed by atoms with Crippen LogP contribution in [0.1, 0.15) is 11.3 Å². The number of aromatic nitrogens is 2. The van der Waals surface area contributed by atoms with Crippen molar-refractivity contribution in [3.63, 3.8) is 0 Å². The van der Waals surface area contributed by atoms with Crippen LogP contribution in [-0.4, -0.2) is 23.7 Å². The Morgan fingerprint density at radius 1 is 1.31 bits per heavy atom. The van der Waals surface area contributed by atoms with Crippen molar-refractivity contribution in [2.24, 2.45) is 5.14 Å². The van der Waals surface area contributed by atoms with Crippen LogP contribution in [0.5, 0.6) is 0 Å². The molecule has 0 radical (unpaired) electrons. The minimum absolute atomic E-state index is 0.0379. The summed E-state index contributed by atoms with van der Waals surface area (Å²) in [5, 5.41) is 8.03. The van der Waals surface area contributed by atoms with Crippen molar-refractivity contribution in [2.75, 3.05) is 5.32 Å². The normalized spacial score (nSPS) is 12.0.